The molecule has 0 radical (unpaired) electrons. The lowest BCUT2D eigenvalue weighted by Gasteiger charge is -2.19. The number of carbonyl (C=O) groups excluding carboxylic acids is 1. The average molecular weight is 248 g/mol. The summed E-state index contributed by atoms with van der Waals surface area (Å²) >= 11 is 0. The smallest absolute Gasteiger partial charge is 0.222 e. The highest BCUT2D eigenvalue weighted by Gasteiger charge is 2.18. The predicted octanol–water partition coefficient (Wildman–Crippen LogP) is 2.17. The molecular weight excluding hydrogens is 228 g/mol. The van der Waals surface area contributed by atoms with Crippen molar-refractivity contribution in [1.29, 1.82) is 0 Å². The van der Waals surface area contributed by atoms with Crippen LogP contribution in [-0.4, -0.2) is 25.1 Å². The fourth-order valence-corrected chi connectivity index (χ4v) is 2.18. The van der Waals surface area contributed by atoms with Gasteiger partial charge in [-0.05, 0) is 31.9 Å². The van der Waals surface area contributed by atoms with Gasteiger partial charge in [-0.3, -0.25) is 4.79 Å². The van der Waals surface area contributed by atoms with E-state index in [4.69, 9.17) is 4.74 Å². The Kier molecular flexibility index (Phi) is 4.45. The third kappa shape index (κ3) is 3.39. The van der Waals surface area contributed by atoms with Crippen LogP contribution in [0.1, 0.15) is 26.2 Å². The van der Waals surface area contributed by atoms with Gasteiger partial charge in [0.1, 0.15) is 5.75 Å². The Bertz CT molecular complexity index is 407. The van der Waals surface area contributed by atoms with Gasteiger partial charge >= 0.3 is 0 Å². The third-order valence-corrected chi connectivity index (χ3v) is 3.03. The van der Waals surface area contributed by atoms with E-state index in [9.17, 15) is 4.79 Å². The first-order chi connectivity index (χ1) is 8.79. The van der Waals surface area contributed by atoms with Gasteiger partial charge in [-0.15, -0.1) is 0 Å². The molecule has 98 valence electrons. The van der Waals surface area contributed by atoms with Crippen molar-refractivity contribution in [3.8, 4) is 5.75 Å². The quantitative estimate of drug-likeness (QED) is 0.858. The molecule has 1 aliphatic rings. The Morgan fingerprint density at radius 1 is 1.44 bits per heavy atom. The van der Waals surface area contributed by atoms with E-state index in [2.05, 4.69) is 10.6 Å². The molecular formula is C14H20N2O2. The van der Waals surface area contributed by atoms with Crippen molar-refractivity contribution >= 4 is 11.6 Å². The van der Waals surface area contributed by atoms with Crippen LogP contribution < -0.4 is 15.4 Å². The minimum atomic E-state index is 0.124. The molecule has 0 saturated carbocycles. The van der Waals surface area contributed by atoms with Crippen molar-refractivity contribution in [2.75, 3.05) is 18.5 Å². The summed E-state index contributed by atoms with van der Waals surface area (Å²) in [4.78, 5) is 11.5. The number of hydrogen-bond acceptors (Lipinski definition) is 3. The second-order valence-electron chi connectivity index (χ2n) is 4.47. The maximum absolute atomic E-state index is 11.5. The van der Waals surface area contributed by atoms with Crippen LogP contribution in [0.25, 0.3) is 0 Å². The van der Waals surface area contributed by atoms with E-state index >= 15 is 0 Å². The molecule has 1 aliphatic heterocycles. The van der Waals surface area contributed by atoms with Gasteiger partial charge in [-0.25, -0.2) is 0 Å². The van der Waals surface area contributed by atoms with Gasteiger partial charge in [-0.1, -0.05) is 12.1 Å². The van der Waals surface area contributed by atoms with Gasteiger partial charge in [0.15, 0.2) is 0 Å². The molecule has 1 atom stereocenters. The van der Waals surface area contributed by atoms with Crippen LogP contribution in [0.15, 0.2) is 24.3 Å². The summed E-state index contributed by atoms with van der Waals surface area (Å²) in [6.45, 7) is 3.39. The summed E-state index contributed by atoms with van der Waals surface area (Å²) in [7, 11) is 0. The van der Waals surface area contributed by atoms with E-state index in [-0.39, 0.29) is 11.9 Å². The van der Waals surface area contributed by atoms with E-state index in [1.54, 1.807) is 0 Å². The molecule has 0 aliphatic carbocycles. The van der Waals surface area contributed by atoms with Crippen LogP contribution in [0, 0.1) is 0 Å². The summed E-state index contributed by atoms with van der Waals surface area (Å²) in [5.41, 5.74) is 0.971. The first kappa shape index (κ1) is 12.7. The van der Waals surface area contributed by atoms with Crippen LogP contribution >= 0.6 is 0 Å². The molecule has 1 saturated heterocycles. The van der Waals surface area contributed by atoms with Gasteiger partial charge < -0.3 is 15.4 Å². The second kappa shape index (κ2) is 6.28. The number of ether oxygens (including phenoxy) is 1. The second-order valence-corrected chi connectivity index (χ2v) is 4.47. The number of para-hydroxylation sites is 2. The molecule has 1 heterocycles. The summed E-state index contributed by atoms with van der Waals surface area (Å²) in [6, 6.07) is 8.06. The van der Waals surface area contributed by atoms with Crippen molar-refractivity contribution in [3.63, 3.8) is 0 Å². The fraction of sp³-hybridized carbons (Fsp3) is 0.500. The third-order valence-electron chi connectivity index (χ3n) is 3.03. The Balaban J connectivity index is 2.05. The molecule has 18 heavy (non-hydrogen) atoms. The standard InChI is InChI=1S/C14H20N2O2/c1-2-18-13-8-4-3-7-12(13)16-11-6-5-9-15-14(17)10-11/h3-4,7-8,11,16H,2,5-6,9-10H2,1H3,(H,15,17). The summed E-state index contributed by atoms with van der Waals surface area (Å²) in [5.74, 6) is 0.976. The lowest BCUT2D eigenvalue weighted by atomic mass is 10.1. The Labute approximate surface area is 108 Å². The van der Waals surface area contributed by atoms with Gasteiger partial charge in [-0.2, -0.15) is 0 Å². The topological polar surface area (TPSA) is 50.4 Å². The van der Waals surface area contributed by atoms with Crippen LogP contribution in [-0.2, 0) is 4.79 Å². The van der Waals surface area contributed by atoms with Crippen molar-refractivity contribution in [2.45, 2.75) is 32.2 Å². The number of amides is 1. The van der Waals surface area contributed by atoms with Crippen molar-refractivity contribution in [3.05, 3.63) is 24.3 Å². The first-order valence-electron chi connectivity index (χ1n) is 6.54. The summed E-state index contributed by atoms with van der Waals surface area (Å²) in [6.07, 6.45) is 2.54. The molecule has 2 rings (SSSR count). The van der Waals surface area contributed by atoms with Crippen LogP contribution in [0.4, 0.5) is 5.69 Å². The minimum Gasteiger partial charge on any atom is -0.492 e. The van der Waals surface area contributed by atoms with Crippen LogP contribution in [0.2, 0.25) is 0 Å². The summed E-state index contributed by atoms with van der Waals surface area (Å²) in [5, 5.41) is 6.31. The zero-order chi connectivity index (χ0) is 12.8. The molecule has 0 spiro atoms. The van der Waals surface area contributed by atoms with E-state index in [0.717, 1.165) is 30.8 Å². The number of nitrogens with one attached hydrogen (secondary N) is 2. The molecule has 1 amide bonds. The average Bonchev–Trinajstić information content (AvgIpc) is 2.56. The Hall–Kier alpha value is -1.71. The molecule has 0 bridgehead atoms. The Morgan fingerprint density at radius 3 is 3.11 bits per heavy atom. The normalized spacial score (nSPS) is 19.8. The number of benzene rings is 1. The van der Waals surface area contributed by atoms with Crippen molar-refractivity contribution in [1.82, 2.24) is 5.32 Å². The molecule has 1 aromatic rings. The SMILES string of the molecule is CCOc1ccccc1NC1CCCNC(=O)C1. The number of rotatable bonds is 4. The van der Waals surface area contributed by atoms with Gasteiger partial charge in [0.25, 0.3) is 0 Å². The summed E-state index contributed by atoms with van der Waals surface area (Å²) < 4.78 is 5.57. The van der Waals surface area contributed by atoms with Crippen molar-refractivity contribution < 1.29 is 9.53 Å². The fourth-order valence-electron chi connectivity index (χ4n) is 2.18. The van der Waals surface area contributed by atoms with E-state index in [1.807, 2.05) is 31.2 Å². The van der Waals surface area contributed by atoms with Gasteiger partial charge in [0.05, 0.1) is 12.3 Å². The number of hydrogen-bond donors (Lipinski definition) is 2. The van der Waals surface area contributed by atoms with Gasteiger partial charge in [0.2, 0.25) is 5.91 Å². The van der Waals surface area contributed by atoms with Crippen LogP contribution in [0.3, 0.4) is 0 Å². The van der Waals surface area contributed by atoms with E-state index in [1.165, 1.54) is 0 Å². The highest BCUT2D eigenvalue weighted by Crippen LogP contribution is 2.26. The molecule has 0 aromatic heterocycles. The molecule has 1 aromatic carbocycles. The lowest BCUT2D eigenvalue weighted by molar-refractivity contribution is -0.120. The van der Waals surface area contributed by atoms with Gasteiger partial charge in [0, 0.05) is 19.0 Å². The minimum absolute atomic E-state index is 0.124. The first-order valence-corrected chi connectivity index (χ1v) is 6.54. The Morgan fingerprint density at radius 2 is 2.28 bits per heavy atom. The highest BCUT2D eigenvalue weighted by molar-refractivity contribution is 5.77. The molecule has 4 nitrogen and oxygen atoms in total. The van der Waals surface area contributed by atoms with E-state index in [0.29, 0.717) is 13.0 Å². The molecule has 4 heteroatoms. The lowest BCUT2D eigenvalue weighted by Crippen LogP contribution is -2.27. The van der Waals surface area contributed by atoms with Crippen LogP contribution in [0.5, 0.6) is 5.75 Å². The monoisotopic (exact) mass is 248 g/mol. The zero-order valence-corrected chi connectivity index (χ0v) is 10.7. The number of anilines is 1. The van der Waals surface area contributed by atoms with Crippen molar-refractivity contribution in [2.24, 2.45) is 0 Å². The molecule has 1 fully saturated rings. The molecule has 1 unspecified atom stereocenters. The zero-order valence-electron chi connectivity index (χ0n) is 10.7. The highest BCUT2D eigenvalue weighted by atomic mass is 16.5. The maximum atomic E-state index is 11.5. The number of carbonyl (C=O) groups is 1. The predicted molar refractivity (Wildman–Crippen MR) is 71.9 cm³/mol. The van der Waals surface area contributed by atoms with E-state index < -0.39 is 0 Å². The maximum Gasteiger partial charge on any atom is 0.222 e. The largest absolute Gasteiger partial charge is 0.492 e. The molecule has 2 N–H and O–H groups in total.